The minimum atomic E-state index is -0.221. The number of carbonyl (C=O) groups excluding carboxylic acids is 6. The van der Waals surface area contributed by atoms with Crippen LogP contribution in [0.1, 0.15) is 255 Å². The third kappa shape index (κ3) is 11.2. The summed E-state index contributed by atoms with van der Waals surface area (Å²) in [6.45, 7) is 18.5. The van der Waals surface area contributed by atoms with Crippen LogP contribution >= 0.6 is 0 Å². The number of carbonyl (C=O) groups is 6. The molecule has 0 N–H and O–H groups in total. The van der Waals surface area contributed by atoms with Gasteiger partial charge in [0.1, 0.15) is 35.1 Å². The lowest BCUT2D eigenvalue weighted by molar-refractivity contribution is -0.174. The molecule has 15 aliphatic carbocycles. The van der Waals surface area contributed by atoms with Crippen molar-refractivity contribution in [2.24, 2.45) is 142 Å². The molecule has 486 valence electrons. The minimum absolute atomic E-state index is 0.00941. The Hall–Kier alpha value is -3.18. The van der Waals surface area contributed by atoms with Gasteiger partial charge in [0.15, 0.2) is 0 Å². The summed E-state index contributed by atoms with van der Waals surface area (Å²) < 4.78 is 36.6. The number of hydrogen-bond acceptors (Lipinski definition) is 12. The fourth-order valence-electron chi connectivity index (χ4n) is 24.5. The summed E-state index contributed by atoms with van der Waals surface area (Å²) in [5.41, 5.74) is -0.595. The first-order valence-corrected chi connectivity index (χ1v) is 37.1. The molecule has 87 heavy (non-hydrogen) atoms. The van der Waals surface area contributed by atoms with Gasteiger partial charge in [-0.05, 0) is 300 Å². The largest absolute Gasteiger partial charge is 0.462 e. The maximum absolute atomic E-state index is 13.3. The van der Waals surface area contributed by atoms with Gasteiger partial charge in [-0.25, -0.2) is 0 Å². The fourth-order valence-corrected chi connectivity index (χ4v) is 24.5. The Kier molecular flexibility index (Phi) is 17.8. The second-order valence-electron chi connectivity index (χ2n) is 33.3. The van der Waals surface area contributed by atoms with E-state index in [4.69, 9.17) is 28.4 Å². The van der Waals surface area contributed by atoms with Crippen LogP contribution in [-0.4, -0.2) is 70.9 Å². The zero-order chi connectivity index (χ0) is 61.0. The van der Waals surface area contributed by atoms with Gasteiger partial charge in [0.2, 0.25) is 0 Å². The van der Waals surface area contributed by atoms with Crippen molar-refractivity contribution in [2.45, 2.75) is 290 Å². The molecule has 15 saturated carbocycles. The molecule has 0 radical (unpaired) electrons. The molecule has 0 aromatic rings. The Morgan fingerprint density at radius 3 is 0.931 bits per heavy atom. The van der Waals surface area contributed by atoms with Crippen molar-refractivity contribution in [3.8, 4) is 0 Å². The molecule has 15 fully saturated rings. The smallest absolute Gasteiger partial charge is 0.309 e. The Balaban J connectivity index is 0.000000121. The van der Waals surface area contributed by atoms with Gasteiger partial charge in [0, 0.05) is 0 Å². The summed E-state index contributed by atoms with van der Waals surface area (Å²) in [6.07, 6.45) is 32.8. The van der Waals surface area contributed by atoms with Crippen LogP contribution in [0.3, 0.4) is 0 Å². The maximum atomic E-state index is 13.3. The molecular formula is C75H114O12. The average Bonchev–Trinajstić information content (AvgIpc) is 1.60. The van der Waals surface area contributed by atoms with Gasteiger partial charge < -0.3 is 28.4 Å². The van der Waals surface area contributed by atoms with Crippen molar-refractivity contribution in [3.05, 3.63) is 0 Å². The van der Waals surface area contributed by atoms with Gasteiger partial charge in [-0.15, -0.1) is 0 Å². The van der Waals surface area contributed by atoms with Crippen LogP contribution in [0.2, 0.25) is 0 Å². The minimum Gasteiger partial charge on any atom is -0.462 e. The molecule has 12 nitrogen and oxygen atoms in total. The summed E-state index contributed by atoms with van der Waals surface area (Å²) in [5.74, 6) is 11.6. The van der Waals surface area contributed by atoms with Crippen LogP contribution < -0.4 is 0 Å². The van der Waals surface area contributed by atoms with Crippen LogP contribution in [-0.2, 0) is 57.2 Å². The Bertz CT molecular complexity index is 2540. The lowest BCUT2D eigenvalue weighted by Crippen LogP contribution is -2.44. The molecule has 0 saturated heterocycles. The van der Waals surface area contributed by atoms with E-state index in [0.29, 0.717) is 88.8 Å². The van der Waals surface area contributed by atoms with Crippen molar-refractivity contribution in [1.82, 2.24) is 0 Å². The lowest BCUT2D eigenvalue weighted by Gasteiger charge is -2.42. The van der Waals surface area contributed by atoms with Gasteiger partial charge in [-0.1, -0.05) is 61.8 Å². The molecule has 0 aliphatic heterocycles. The fraction of sp³-hybridized carbons (Fsp3) is 0.920. The van der Waals surface area contributed by atoms with Gasteiger partial charge in [0.25, 0.3) is 0 Å². The third-order valence-corrected chi connectivity index (χ3v) is 29.2. The predicted octanol–water partition coefficient (Wildman–Crippen LogP) is 15.4. The number of fused-ring (bicyclic) bond motifs is 27. The molecule has 0 heterocycles. The van der Waals surface area contributed by atoms with E-state index in [1.807, 2.05) is 41.5 Å². The van der Waals surface area contributed by atoms with Crippen LogP contribution in [0.15, 0.2) is 0 Å². The van der Waals surface area contributed by atoms with E-state index in [1.54, 1.807) is 0 Å². The molecule has 0 aromatic carbocycles. The van der Waals surface area contributed by atoms with E-state index in [1.165, 1.54) is 83.5 Å². The number of ether oxygens (including phenoxy) is 6. The highest BCUT2D eigenvalue weighted by Gasteiger charge is 2.70. The van der Waals surface area contributed by atoms with Gasteiger partial charge in [0.05, 0.1) is 35.5 Å². The second kappa shape index (κ2) is 24.7. The Morgan fingerprint density at radius 1 is 0.345 bits per heavy atom. The van der Waals surface area contributed by atoms with E-state index >= 15 is 0 Å². The molecule has 15 rings (SSSR count). The summed E-state index contributed by atoms with van der Waals surface area (Å²) in [5, 5.41) is 0. The molecule has 0 amide bonds. The zero-order valence-electron chi connectivity index (χ0n) is 55.2. The first-order chi connectivity index (χ1) is 41.8. The first-order valence-electron chi connectivity index (χ1n) is 37.1. The van der Waals surface area contributed by atoms with Crippen molar-refractivity contribution in [1.29, 1.82) is 0 Å². The van der Waals surface area contributed by atoms with Crippen LogP contribution in [0.25, 0.3) is 0 Å². The average molecular weight is 1210 g/mol. The van der Waals surface area contributed by atoms with E-state index in [9.17, 15) is 28.8 Å². The molecule has 15 aliphatic rings. The number of hydrogen-bond donors (Lipinski definition) is 0. The lowest BCUT2D eigenvalue weighted by atomic mass is 9.66. The number of rotatable bonds is 17. The predicted molar refractivity (Wildman–Crippen MR) is 329 cm³/mol. The van der Waals surface area contributed by atoms with E-state index in [0.717, 1.165) is 127 Å². The molecule has 27 unspecified atom stereocenters. The normalized spacial score (nSPS) is 44.8. The molecule has 0 aromatic heterocycles. The standard InChI is InChI=1S/C26H40O4.C25H38O4.C24H36O4/c1-4-15(3)24(27)29-21-14-17-13-20(21)23-18-11-16(22(17)23)12-19(18)25(28)30-26(5-2)9-7-6-8-10-26;1-4-14(3)23(26)28-20-13-16-12-19(20)22-17-10-15(21(16)22)11-18(17)24(27)29-25(5-2)8-6-7-9-25;1-4-13(2)22(25)27-19-12-15-11-18(19)21-16-9-14(20(15)21)10-17(16)23(26)28-24(3)7-5-6-8-24/h15-23H,4-14H2,1-3H3;14-22H,4-13H2,1-3H3;13-21H,4-12H2,1-3H3. The van der Waals surface area contributed by atoms with Crippen molar-refractivity contribution in [2.75, 3.05) is 0 Å². The Morgan fingerprint density at radius 2 is 0.621 bits per heavy atom. The van der Waals surface area contributed by atoms with Gasteiger partial charge in [-0.2, -0.15) is 0 Å². The monoisotopic (exact) mass is 1210 g/mol. The van der Waals surface area contributed by atoms with Gasteiger partial charge in [-0.3, -0.25) is 28.8 Å². The van der Waals surface area contributed by atoms with Crippen molar-refractivity contribution in [3.63, 3.8) is 0 Å². The van der Waals surface area contributed by atoms with Gasteiger partial charge >= 0.3 is 35.8 Å². The molecule has 27 atom stereocenters. The number of esters is 6. The third-order valence-electron chi connectivity index (χ3n) is 29.2. The van der Waals surface area contributed by atoms with Crippen molar-refractivity contribution < 1.29 is 57.2 Å². The maximum Gasteiger partial charge on any atom is 0.309 e. The summed E-state index contributed by atoms with van der Waals surface area (Å²) in [7, 11) is 0. The highest BCUT2D eigenvalue weighted by Crippen LogP contribution is 2.72. The molecule has 12 heteroatoms. The van der Waals surface area contributed by atoms with Crippen LogP contribution in [0.4, 0.5) is 0 Å². The quantitative estimate of drug-likeness (QED) is 0.0772. The summed E-state index contributed by atoms with van der Waals surface area (Å²) >= 11 is 0. The molecular weight excluding hydrogens is 1090 g/mol. The Labute approximate surface area is 522 Å². The molecule has 12 bridgehead atoms. The van der Waals surface area contributed by atoms with E-state index in [2.05, 4.69) is 20.8 Å². The van der Waals surface area contributed by atoms with Crippen LogP contribution in [0, 0.1) is 142 Å². The SMILES string of the molecule is CCC(C)C(=O)OC1CC2CC1C1C3CC(CC3C(=O)OC3(C)CCCC3)C21.CCC(C)C(=O)OC1CC2CC1C1C3CC(CC3C(=O)OC3(CC)CCCC3)C21.CCC(C)C(=O)OC1CC2CC1C1C3CC(CC3C(=O)OC3(CC)CCCCC3)C21. The second-order valence-corrected chi connectivity index (χ2v) is 33.3. The zero-order valence-corrected chi connectivity index (χ0v) is 55.2. The van der Waals surface area contributed by atoms with E-state index in [-0.39, 0.29) is 106 Å². The highest BCUT2D eigenvalue weighted by molar-refractivity contribution is 5.76. The van der Waals surface area contributed by atoms with E-state index < -0.39 is 0 Å². The highest BCUT2D eigenvalue weighted by atomic mass is 16.6. The van der Waals surface area contributed by atoms with Crippen molar-refractivity contribution >= 4 is 35.8 Å². The summed E-state index contributed by atoms with van der Waals surface area (Å²) in [6, 6.07) is 0. The van der Waals surface area contributed by atoms with Crippen LogP contribution in [0.5, 0.6) is 0 Å². The first kappa shape index (κ1) is 62.6. The molecule has 0 spiro atoms. The summed E-state index contributed by atoms with van der Waals surface area (Å²) in [4.78, 5) is 76.8. The topological polar surface area (TPSA) is 158 Å².